The van der Waals surface area contributed by atoms with Gasteiger partial charge in [-0.3, -0.25) is 9.69 Å². The molecule has 0 unspecified atom stereocenters. The second kappa shape index (κ2) is 7.37. The number of para-hydroxylation sites is 2. The lowest BCUT2D eigenvalue weighted by Gasteiger charge is -2.43. The standard InChI is InChI=1S/C20H29N3O3/c1-4-10-20(19(25)26)13-22(11-9-17(20)24)12-18-21-15-7-5-6-8-16(15)23(18)14(2)3/h5-8,14,17,24H,4,9-13H2,1-3H3,(H,25,26)/t17-,20+/m0/s1. The van der Waals surface area contributed by atoms with Crippen LogP contribution in [0, 0.1) is 5.41 Å². The smallest absolute Gasteiger partial charge is 0.313 e. The highest BCUT2D eigenvalue weighted by Crippen LogP contribution is 2.36. The first-order valence-corrected chi connectivity index (χ1v) is 9.48. The molecule has 0 saturated carbocycles. The number of benzene rings is 1. The van der Waals surface area contributed by atoms with E-state index in [0.717, 1.165) is 23.3 Å². The van der Waals surface area contributed by atoms with Gasteiger partial charge >= 0.3 is 5.97 Å². The molecule has 1 fully saturated rings. The van der Waals surface area contributed by atoms with E-state index in [1.807, 2.05) is 25.1 Å². The summed E-state index contributed by atoms with van der Waals surface area (Å²) >= 11 is 0. The number of aliphatic hydroxyl groups excluding tert-OH is 1. The van der Waals surface area contributed by atoms with Crippen LogP contribution in [0.2, 0.25) is 0 Å². The molecule has 6 nitrogen and oxygen atoms in total. The summed E-state index contributed by atoms with van der Waals surface area (Å²) < 4.78 is 2.22. The van der Waals surface area contributed by atoms with Crippen molar-refractivity contribution >= 4 is 17.0 Å². The minimum Gasteiger partial charge on any atom is -0.481 e. The van der Waals surface area contributed by atoms with E-state index >= 15 is 0 Å². The van der Waals surface area contributed by atoms with Gasteiger partial charge < -0.3 is 14.8 Å². The maximum atomic E-state index is 12.0. The first kappa shape index (κ1) is 18.9. The predicted molar refractivity (Wildman–Crippen MR) is 101 cm³/mol. The Hall–Kier alpha value is -1.92. The fourth-order valence-electron chi connectivity index (χ4n) is 4.29. The number of fused-ring (bicyclic) bond motifs is 1. The van der Waals surface area contributed by atoms with E-state index in [0.29, 0.717) is 32.5 Å². The summed E-state index contributed by atoms with van der Waals surface area (Å²) in [6, 6.07) is 8.35. The molecule has 2 aromatic rings. The van der Waals surface area contributed by atoms with Crippen molar-refractivity contribution in [1.29, 1.82) is 0 Å². The number of aromatic nitrogens is 2. The molecule has 2 heterocycles. The second-order valence-electron chi connectivity index (χ2n) is 7.71. The average molecular weight is 359 g/mol. The van der Waals surface area contributed by atoms with Gasteiger partial charge in [0.05, 0.1) is 23.7 Å². The number of nitrogens with zero attached hydrogens (tertiary/aromatic N) is 3. The average Bonchev–Trinajstić information content (AvgIpc) is 2.95. The van der Waals surface area contributed by atoms with Crippen LogP contribution in [0.15, 0.2) is 24.3 Å². The van der Waals surface area contributed by atoms with Crippen molar-refractivity contribution in [2.45, 2.75) is 58.7 Å². The monoisotopic (exact) mass is 359 g/mol. The molecule has 0 radical (unpaired) electrons. The molecule has 26 heavy (non-hydrogen) atoms. The van der Waals surface area contributed by atoms with Gasteiger partial charge in [-0.2, -0.15) is 0 Å². The fourth-order valence-corrected chi connectivity index (χ4v) is 4.29. The van der Waals surface area contributed by atoms with Crippen molar-refractivity contribution in [1.82, 2.24) is 14.5 Å². The van der Waals surface area contributed by atoms with Crippen LogP contribution in [0.5, 0.6) is 0 Å². The lowest BCUT2D eigenvalue weighted by Crippen LogP contribution is -2.55. The van der Waals surface area contributed by atoms with Gasteiger partial charge in [0.15, 0.2) is 0 Å². The van der Waals surface area contributed by atoms with Gasteiger partial charge in [0.1, 0.15) is 11.2 Å². The zero-order valence-corrected chi connectivity index (χ0v) is 15.9. The van der Waals surface area contributed by atoms with Gasteiger partial charge in [-0.1, -0.05) is 25.5 Å². The largest absolute Gasteiger partial charge is 0.481 e. The topological polar surface area (TPSA) is 78.6 Å². The van der Waals surface area contributed by atoms with Crippen molar-refractivity contribution in [3.8, 4) is 0 Å². The van der Waals surface area contributed by atoms with Crippen LogP contribution in [0.4, 0.5) is 0 Å². The van der Waals surface area contributed by atoms with Crippen LogP contribution >= 0.6 is 0 Å². The third-order valence-electron chi connectivity index (χ3n) is 5.53. The summed E-state index contributed by atoms with van der Waals surface area (Å²) in [6.07, 6.45) is 0.913. The van der Waals surface area contributed by atoms with Crippen LogP contribution in [0.3, 0.4) is 0 Å². The van der Waals surface area contributed by atoms with Crippen molar-refractivity contribution in [2.75, 3.05) is 13.1 Å². The van der Waals surface area contributed by atoms with Crippen LogP contribution < -0.4 is 0 Å². The van der Waals surface area contributed by atoms with Gasteiger partial charge in [0.25, 0.3) is 0 Å². The molecule has 6 heteroatoms. The Bertz CT molecular complexity index is 786. The Balaban J connectivity index is 1.90. The number of hydrogen-bond acceptors (Lipinski definition) is 4. The molecule has 0 aliphatic carbocycles. The van der Waals surface area contributed by atoms with Gasteiger partial charge in [-0.05, 0) is 38.8 Å². The first-order valence-electron chi connectivity index (χ1n) is 9.48. The molecule has 2 N–H and O–H groups in total. The lowest BCUT2D eigenvalue weighted by atomic mass is 9.74. The Morgan fingerprint density at radius 3 is 2.77 bits per heavy atom. The van der Waals surface area contributed by atoms with Crippen molar-refractivity contribution in [3.05, 3.63) is 30.1 Å². The molecule has 0 spiro atoms. The van der Waals surface area contributed by atoms with Crippen molar-refractivity contribution in [3.63, 3.8) is 0 Å². The SMILES string of the molecule is CCC[C@@]1(C(=O)O)CN(Cc2nc3ccccc3n2C(C)C)CC[C@@H]1O. The number of likely N-dealkylation sites (tertiary alicyclic amines) is 1. The van der Waals surface area contributed by atoms with Crippen LogP contribution in [0.25, 0.3) is 11.0 Å². The third-order valence-corrected chi connectivity index (χ3v) is 5.53. The Morgan fingerprint density at radius 2 is 2.12 bits per heavy atom. The second-order valence-corrected chi connectivity index (χ2v) is 7.71. The summed E-state index contributed by atoms with van der Waals surface area (Å²) in [5.41, 5.74) is 0.987. The van der Waals surface area contributed by atoms with Crippen LogP contribution in [0.1, 0.15) is 51.9 Å². The van der Waals surface area contributed by atoms with E-state index in [-0.39, 0.29) is 6.04 Å². The first-order chi connectivity index (χ1) is 12.4. The van der Waals surface area contributed by atoms with E-state index in [1.165, 1.54) is 0 Å². The maximum absolute atomic E-state index is 12.0. The Morgan fingerprint density at radius 1 is 1.38 bits per heavy atom. The molecule has 1 aliphatic rings. The summed E-state index contributed by atoms with van der Waals surface area (Å²) in [5.74, 6) is 0.0577. The molecule has 142 valence electrons. The number of piperidine rings is 1. The van der Waals surface area contributed by atoms with Gasteiger partial charge in [0, 0.05) is 19.1 Å². The van der Waals surface area contributed by atoms with Crippen LogP contribution in [-0.4, -0.2) is 49.8 Å². The van der Waals surface area contributed by atoms with Gasteiger partial charge in [-0.15, -0.1) is 0 Å². The molecule has 1 aromatic heterocycles. The van der Waals surface area contributed by atoms with Crippen LogP contribution in [-0.2, 0) is 11.3 Å². The number of hydrogen-bond donors (Lipinski definition) is 2. The van der Waals surface area contributed by atoms with Crippen molar-refractivity contribution in [2.24, 2.45) is 5.41 Å². The summed E-state index contributed by atoms with van der Waals surface area (Å²) in [5, 5.41) is 20.3. The van der Waals surface area contributed by atoms with E-state index in [9.17, 15) is 15.0 Å². The zero-order valence-electron chi connectivity index (χ0n) is 15.9. The van der Waals surface area contributed by atoms with E-state index < -0.39 is 17.5 Å². The fraction of sp³-hybridized carbons (Fsp3) is 0.600. The van der Waals surface area contributed by atoms with E-state index in [1.54, 1.807) is 0 Å². The normalized spacial score (nSPS) is 24.4. The highest BCUT2D eigenvalue weighted by atomic mass is 16.4. The molecule has 2 atom stereocenters. The number of rotatable bonds is 6. The third kappa shape index (κ3) is 3.23. The Labute approximate surface area is 154 Å². The predicted octanol–water partition coefficient (Wildman–Crippen LogP) is 3.05. The molecular formula is C20H29N3O3. The quantitative estimate of drug-likeness (QED) is 0.829. The summed E-state index contributed by atoms with van der Waals surface area (Å²) in [6.45, 7) is 7.87. The highest BCUT2D eigenvalue weighted by Gasteiger charge is 2.48. The number of carbonyl (C=O) groups is 1. The van der Waals surface area contributed by atoms with Gasteiger partial charge in [0.2, 0.25) is 0 Å². The van der Waals surface area contributed by atoms with Crippen molar-refractivity contribution < 1.29 is 15.0 Å². The molecule has 1 saturated heterocycles. The number of imidazole rings is 1. The summed E-state index contributed by atoms with van der Waals surface area (Å²) in [4.78, 5) is 18.9. The number of carboxylic acids is 1. The minimum atomic E-state index is -1.08. The molecular weight excluding hydrogens is 330 g/mol. The Kier molecular flexibility index (Phi) is 5.34. The van der Waals surface area contributed by atoms with E-state index in [2.05, 4.69) is 29.4 Å². The minimum absolute atomic E-state index is 0.271. The molecule has 1 aliphatic heterocycles. The molecule has 3 rings (SSSR count). The van der Waals surface area contributed by atoms with E-state index in [4.69, 9.17) is 4.98 Å². The molecule has 1 aromatic carbocycles. The molecule has 0 bridgehead atoms. The molecule has 0 amide bonds. The number of aliphatic carboxylic acids is 1. The maximum Gasteiger partial charge on any atom is 0.313 e. The zero-order chi connectivity index (χ0) is 18.9. The lowest BCUT2D eigenvalue weighted by molar-refractivity contribution is -0.164. The summed E-state index contributed by atoms with van der Waals surface area (Å²) in [7, 11) is 0. The van der Waals surface area contributed by atoms with Gasteiger partial charge in [-0.25, -0.2) is 4.98 Å². The highest BCUT2D eigenvalue weighted by molar-refractivity contribution is 5.76. The number of carboxylic acid groups (broad SMARTS) is 1. The number of aliphatic hydroxyl groups is 1.